The van der Waals surface area contributed by atoms with Gasteiger partial charge in [-0.2, -0.15) is 0 Å². The molecule has 0 unspecified atom stereocenters. The lowest BCUT2D eigenvalue weighted by atomic mass is 9.68. The summed E-state index contributed by atoms with van der Waals surface area (Å²) in [5.41, 5.74) is 0.0228. The van der Waals surface area contributed by atoms with E-state index in [1.54, 1.807) is 0 Å². The zero-order chi connectivity index (χ0) is 23.1. The Morgan fingerprint density at radius 3 is 2.75 bits per heavy atom. The molecule has 4 atom stereocenters. The van der Waals surface area contributed by atoms with E-state index in [1.165, 1.54) is 6.42 Å². The maximum atomic E-state index is 13.1. The van der Waals surface area contributed by atoms with E-state index in [0.29, 0.717) is 12.5 Å². The highest BCUT2D eigenvalue weighted by Crippen LogP contribution is 2.55. The summed E-state index contributed by atoms with van der Waals surface area (Å²) in [5, 5.41) is 0. The predicted molar refractivity (Wildman–Crippen MR) is 126 cm³/mol. The summed E-state index contributed by atoms with van der Waals surface area (Å²) < 4.78 is 19.2. The summed E-state index contributed by atoms with van der Waals surface area (Å²) in [6, 6.07) is 8.32. The van der Waals surface area contributed by atoms with E-state index in [-0.39, 0.29) is 29.3 Å². The molecule has 0 aromatic heterocycles. The Morgan fingerprint density at radius 2 is 2.03 bits per heavy atom. The van der Waals surface area contributed by atoms with Crippen LogP contribution in [-0.2, 0) is 9.47 Å². The molecule has 2 saturated heterocycles. The smallest absolute Gasteiger partial charge is 0.410 e. The maximum Gasteiger partial charge on any atom is 0.410 e. The van der Waals surface area contributed by atoms with Crippen LogP contribution >= 0.6 is 0 Å². The molecule has 0 N–H and O–H groups in total. The lowest BCUT2D eigenvalue weighted by Crippen LogP contribution is -2.60. The molecule has 178 valence electrons. The Labute approximate surface area is 193 Å². The zero-order valence-corrected chi connectivity index (χ0v) is 20.8. The monoisotopic (exact) mass is 443 g/mol. The number of nitrogens with zero attached hydrogens (tertiary/aromatic N) is 1. The van der Waals surface area contributed by atoms with Crippen LogP contribution in [0.5, 0.6) is 5.75 Å². The van der Waals surface area contributed by atoms with Crippen LogP contribution in [-0.4, -0.2) is 40.9 Å². The van der Waals surface area contributed by atoms with Gasteiger partial charge in [-0.15, -0.1) is 0 Å². The molecule has 0 aliphatic carbocycles. The third-order valence-corrected chi connectivity index (χ3v) is 7.51. The van der Waals surface area contributed by atoms with Gasteiger partial charge in [0.2, 0.25) is 0 Å². The third-order valence-electron chi connectivity index (χ3n) is 7.51. The van der Waals surface area contributed by atoms with Gasteiger partial charge in [0.05, 0.1) is 18.2 Å². The minimum absolute atomic E-state index is 0.00992. The van der Waals surface area contributed by atoms with Crippen LogP contribution in [0.4, 0.5) is 4.79 Å². The van der Waals surface area contributed by atoms with Crippen molar-refractivity contribution in [3.8, 4) is 5.75 Å². The van der Waals surface area contributed by atoms with E-state index in [1.807, 2.05) is 31.7 Å². The van der Waals surface area contributed by atoms with E-state index in [4.69, 9.17) is 14.2 Å². The lowest BCUT2D eigenvalue weighted by Gasteiger charge is -2.54. The van der Waals surface area contributed by atoms with Crippen molar-refractivity contribution >= 4 is 6.09 Å². The second-order valence-corrected chi connectivity index (χ2v) is 11.7. The van der Waals surface area contributed by atoms with Gasteiger partial charge < -0.3 is 19.1 Å². The van der Waals surface area contributed by atoms with Gasteiger partial charge in [-0.1, -0.05) is 38.5 Å². The number of rotatable bonds is 4. The van der Waals surface area contributed by atoms with Crippen molar-refractivity contribution in [1.29, 1.82) is 0 Å². The number of ether oxygens (including phenoxy) is 3. The fourth-order valence-corrected chi connectivity index (χ4v) is 5.91. The second-order valence-electron chi connectivity index (χ2n) is 11.7. The van der Waals surface area contributed by atoms with Gasteiger partial charge in [-0.05, 0) is 71.8 Å². The number of para-hydroxylation sites is 1. The fourth-order valence-electron chi connectivity index (χ4n) is 5.91. The number of fused-ring (bicyclic) bond motifs is 3. The van der Waals surface area contributed by atoms with E-state index in [0.717, 1.165) is 50.0 Å². The molecule has 1 amide bonds. The van der Waals surface area contributed by atoms with E-state index < -0.39 is 5.60 Å². The zero-order valence-electron chi connectivity index (χ0n) is 20.8. The molecular weight excluding hydrogens is 402 g/mol. The summed E-state index contributed by atoms with van der Waals surface area (Å²) in [6.07, 6.45) is 5.94. The Hall–Kier alpha value is -1.75. The van der Waals surface area contributed by atoms with E-state index in [9.17, 15) is 4.79 Å². The molecule has 0 saturated carbocycles. The van der Waals surface area contributed by atoms with Crippen molar-refractivity contribution in [2.24, 2.45) is 11.8 Å². The van der Waals surface area contributed by atoms with Gasteiger partial charge in [0.15, 0.2) is 0 Å². The lowest BCUT2D eigenvalue weighted by molar-refractivity contribution is -0.170. The number of amides is 1. The first-order chi connectivity index (χ1) is 15.0. The van der Waals surface area contributed by atoms with Crippen LogP contribution < -0.4 is 4.74 Å². The topological polar surface area (TPSA) is 48.0 Å². The molecule has 1 aromatic rings. The molecule has 32 heavy (non-hydrogen) atoms. The molecule has 5 heteroatoms. The summed E-state index contributed by atoms with van der Waals surface area (Å²) in [7, 11) is 0. The third kappa shape index (κ3) is 4.50. The number of carbonyl (C=O) groups is 1. The summed E-state index contributed by atoms with van der Waals surface area (Å²) in [6.45, 7) is 13.9. The number of likely N-dealkylation sites (tertiary alicyclic amines) is 1. The van der Waals surface area contributed by atoms with E-state index in [2.05, 4.69) is 39.0 Å². The molecule has 4 rings (SSSR count). The van der Waals surface area contributed by atoms with Crippen molar-refractivity contribution < 1.29 is 19.0 Å². The first-order valence-electron chi connectivity index (χ1n) is 12.4. The summed E-state index contributed by atoms with van der Waals surface area (Å²) in [4.78, 5) is 15.1. The van der Waals surface area contributed by atoms with Crippen molar-refractivity contribution in [2.75, 3.05) is 13.2 Å². The van der Waals surface area contributed by atoms with Crippen molar-refractivity contribution in [2.45, 2.75) is 103 Å². The first-order valence-corrected chi connectivity index (χ1v) is 12.4. The van der Waals surface area contributed by atoms with Crippen LogP contribution in [0.1, 0.15) is 91.7 Å². The van der Waals surface area contributed by atoms with Gasteiger partial charge >= 0.3 is 6.09 Å². The Balaban J connectivity index is 1.62. The molecule has 0 bridgehead atoms. The number of hydrogen-bond donors (Lipinski definition) is 0. The van der Waals surface area contributed by atoms with Gasteiger partial charge in [-0.3, -0.25) is 0 Å². The number of carbonyl (C=O) groups excluding carboxylic acids is 1. The highest BCUT2D eigenvalue weighted by molar-refractivity contribution is 5.70. The first kappa shape index (κ1) is 23.4. The molecule has 3 heterocycles. The quantitative estimate of drug-likeness (QED) is 0.532. The van der Waals surface area contributed by atoms with Gasteiger partial charge in [-0.25, -0.2) is 4.79 Å². The van der Waals surface area contributed by atoms with Crippen LogP contribution in [0.25, 0.3) is 0 Å². The van der Waals surface area contributed by atoms with Crippen molar-refractivity contribution in [3.63, 3.8) is 0 Å². The molecule has 3 aliphatic heterocycles. The standard InChI is InChI=1S/C27H41NO4/c1-19(2)11-9-14-26(6)21-17-27(15-10-16-28(27)24(29)32-25(3,4)5)18-30-23(21)20-12-7-8-13-22(20)31-26/h7-8,12-13,19,21,23H,9-11,14-18H2,1-6H3/t21-,23+,26-,27+/m0/s1. The maximum absolute atomic E-state index is 13.1. The number of benzene rings is 1. The molecule has 2 fully saturated rings. The van der Waals surface area contributed by atoms with Crippen molar-refractivity contribution in [1.82, 2.24) is 4.90 Å². The fraction of sp³-hybridized carbons (Fsp3) is 0.741. The second kappa shape index (κ2) is 8.55. The molecule has 0 radical (unpaired) electrons. The largest absolute Gasteiger partial charge is 0.487 e. The van der Waals surface area contributed by atoms with Crippen LogP contribution in [0, 0.1) is 11.8 Å². The SMILES string of the molecule is CC(C)CCC[C@]1(C)Oc2ccccc2[C@H]2OC[C@@]3(CCCN3C(=O)OC(C)(C)C)C[C@@H]21. The van der Waals surface area contributed by atoms with Crippen LogP contribution in [0.2, 0.25) is 0 Å². The summed E-state index contributed by atoms with van der Waals surface area (Å²) >= 11 is 0. The van der Waals surface area contributed by atoms with Gasteiger partial charge in [0.25, 0.3) is 0 Å². The van der Waals surface area contributed by atoms with Crippen LogP contribution in [0.3, 0.4) is 0 Å². The normalized spacial score (nSPS) is 31.9. The van der Waals surface area contributed by atoms with Crippen LogP contribution in [0.15, 0.2) is 24.3 Å². The van der Waals surface area contributed by atoms with Gasteiger partial charge in [0.1, 0.15) is 17.0 Å². The minimum Gasteiger partial charge on any atom is -0.487 e. The number of hydrogen-bond acceptors (Lipinski definition) is 4. The average Bonchev–Trinajstić information content (AvgIpc) is 3.10. The molecule has 5 nitrogen and oxygen atoms in total. The van der Waals surface area contributed by atoms with Crippen molar-refractivity contribution in [3.05, 3.63) is 29.8 Å². The highest BCUT2D eigenvalue weighted by Gasteiger charge is 2.57. The highest BCUT2D eigenvalue weighted by atomic mass is 16.6. The van der Waals surface area contributed by atoms with E-state index >= 15 is 0 Å². The average molecular weight is 444 g/mol. The molecule has 1 spiro atoms. The molecule has 3 aliphatic rings. The Kier molecular flexibility index (Phi) is 6.26. The molecule has 1 aromatic carbocycles. The Morgan fingerprint density at radius 1 is 1.28 bits per heavy atom. The summed E-state index contributed by atoms with van der Waals surface area (Å²) in [5.74, 6) is 1.82. The Bertz CT molecular complexity index is 831. The molecular formula is C27H41NO4. The minimum atomic E-state index is -0.503. The predicted octanol–water partition coefficient (Wildman–Crippen LogP) is 6.51. The van der Waals surface area contributed by atoms with Gasteiger partial charge in [0, 0.05) is 18.0 Å².